The molecule has 0 saturated carbocycles. The number of carboxylic acid groups (broad SMARTS) is 1. The molecule has 1 amide bonds. The van der Waals surface area contributed by atoms with Gasteiger partial charge in [0.1, 0.15) is 0 Å². The normalized spacial score (nSPS) is 9.45. The number of rotatable bonds is 2. The summed E-state index contributed by atoms with van der Waals surface area (Å²) in [4.78, 5) is 21.0. The third-order valence-corrected chi connectivity index (χ3v) is 2.03. The summed E-state index contributed by atoms with van der Waals surface area (Å²) in [6.07, 6.45) is 0. The van der Waals surface area contributed by atoms with Crippen molar-refractivity contribution in [2.24, 2.45) is 5.73 Å². The monoisotopic (exact) mass is 171 g/mol. The van der Waals surface area contributed by atoms with Gasteiger partial charge < -0.3 is 10.8 Å². The van der Waals surface area contributed by atoms with E-state index in [1.807, 2.05) is 0 Å². The van der Waals surface area contributed by atoms with Crippen LogP contribution < -0.4 is 5.73 Å². The Morgan fingerprint density at radius 3 is 2.45 bits per heavy atom. The van der Waals surface area contributed by atoms with E-state index in [4.69, 9.17) is 10.8 Å². The van der Waals surface area contributed by atoms with Crippen LogP contribution in [0.5, 0.6) is 0 Å². The van der Waals surface area contributed by atoms with E-state index in [0.717, 1.165) is 11.3 Å². The second-order valence-electron chi connectivity index (χ2n) is 1.87. The third kappa shape index (κ3) is 1.56. The average Bonchev–Trinajstić information content (AvgIpc) is 2.33. The predicted octanol–water partition coefficient (Wildman–Crippen LogP) is 0.545. The van der Waals surface area contributed by atoms with Gasteiger partial charge in [-0.15, -0.1) is 11.3 Å². The summed E-state index contributed by atoms with van der Waals surface area (Å²) in [6.45, 7) is 0. The Labute approximate surface area is 66.3 Å². The largest absolute Gasteiger partial charge is 0.478 e. The molecule has 0 aliphatic carbocycles. The lowest BCUT2D eigenvalue weighted by molar-refractivity contribution is 0.0697. The molecule has 0 fully saturated rings. The molecule has 58 valence electrons. The first-order valence-electron chi connectivity index (χ1n) is 2.73. The molecule has 3 N–H and O–H groups in total. The quantitative estimate of drug-likeness (QED) is 0.681. The fourth-order valence-electron chi connectivity index (χ4n) is 0.578. The molecule has 0 spiro atoms. The van der Waals surface area contributed by atoms with E-state index in [2.05, 4.69) is 0 Å². The number of carbonyl (C=O) groups excluding carboxylic acids is 1. The Balaban J connectivity index is 2.99. The number of primary amides is 1. The summed E-state index contributed by atoms with van der Waals surface area (Å²) in [5.74, 6) is -1.64. The molecule has 0 aliphatic heterocycles. The van der Waals surface area contributed by atoms with Crippen LogP contribution in [0, 0.1) is 0 Å². The summed E-state index contributed by atoms with van der Waals surface area (Å²) in [7, 11) is 0. The highest BCUT2D eigenvalue weighted by molar-refractivity contribution is 7.12. The molecule has 1 rings (SSSR count). The number of nitrogens with two attached hydrogens (primary N) is 1. The van der Waals surface area contributed by atoms with Gasteiger partial charge in [0.05, 0.1) is 10.4 Å². The second-order valence-corrected chi connectivity index (χ2v) is 2.78. The van der Waals surface area contributed by atoms with Crippen LogP contribution in [-0.2, 0) is 0 Å². The molecular weight excluding hydrogens is 166 g/mol. The average molecular weight is 171 g/mol. The molecule has 0 aromatic carbocycles. The Bertz CT molecular complexity index is 276. The molecule has 1 heterocycles. The van der Waals surface area contributed by atoms with Crippen LogP contribution in [0.1, 0.15) is 20.0 Å². The zero-order chi connectivity index (χ0) is 8.43. The summed E-state index contributed by atoms with van der Waals surface area (Å²) in [5.41, 5.74) is 5.01. The van der Waals surface area contributed by atoms with E-state index in [1.54, 1.807) is 0 Å². The van der Waals surface area contributed by atoms with E-state index in [9.17, 15) is 9.59 Å². The number of aromatic carboxylic acids is 1. The van der Waals surface area contributed by atoms with Gasteiger partial charge in [-0.25, -0.2) is 4.79 Å². The second kappa shape index (κ2) is 2.71. The Morgan fingerprint density at radius 2 is 2.18 bits per heavy atom. The standard InChI is InChI=1S/C6H5NO3S/c7-5(8)4-1-3(2-11-4)6(9)10/h1-2H,(H2,7,8)(H,9,10). The summed E-state index contributed by atoms with van der Waals surface area (Å²) < 4.78 is 0. The highest BCUT2D eigenvalue weighted by Crippen LogP contribution is 2.13. The molecule has 1 aromatic heterocycles. The number of thiophene rings is 1. The number of amides is 1. The van der Waals surface area contributed by atoms with Crippen molar-refractivity contribution in [1.29, 1.82) is 0 Å². The van der Waals surface area contributed by atoms with Gasteiger partial charge in [0.25, 0.3) is 5.91 Å². The van der Waals surface area contributed by atoms with Gasteiger partial charge >= 0.3 is 5.97 Å². The van der Waals surface area contributed by atoms with Gasteiger partial charge in [0.15, 0.2) is 0 Å². The first kappa shape index (κ1) is 7.74. The van der Waals surface area contributed by atoms with Crippen molar-refractivity contribution in [2.45, 2.75) is 0 Å². The van der Waals surface area contributed by atoms with Crippen LogP contribution in [0.25, 0.3) is 0 Å². The van der Waals surface area contributed by atoms with Gasteiger partial charge in [-0.2, -0.15) is 0 Å². The number of carbonyl (C=O) groups is 2. The van der Waals surface area contributed by atoms with Gasteiger partial charge in [0.2, 0.25) is 0 Å². The van der Waals surface area contributed by atoms with Crippen LogP contribution in [0.2, 0.25) is 0 Å². The first-order chi connectivity index (χ1) is 5.11. The lowest BCUT2D eigenvalue weighted by Gasteiger charge is -1.83. The summed E-state index contributed by atoms with van der Waals surface area (Å²) >= 11 is 1.03. The summed E-state index contributed by atoms with van der Waals surface area (Å²) in [6, 6.07) is 1.26. The molecule has 0 bridgehead atoms. The highest BCUT2D eigenvalue weighted by atomic mass is 32.1. The molecule has 0 atom stereocenters. The zero-order valence-electron chi connectivity index (χ0n) is 5.40. The zero-order valence-corrected chi connectivity index (χ0v) is 6.22. The SMILES string of the molecule is NC(=O)c1cc(C(=O)O)cs1. The minimum atomic E-state index is -1.05. The van der Waals surface area contributed by atoms with Crippen molar-refractivity contribution < 1.29 is 14.7 Å². The Kier molecular flexibility index (Phi) is 1.91. The molecule has 4 nitrogen and oxygen atoms in total. The maximum atomic E-state index is 10.5. The molecule has 1 aromatic rings. The summed E-state index contributed by atoms with van der Waals surface area (Å²) in [5, 5.41) is 9.81. The molecular formula is C6H5NO3S. The fraction of sp³-hybridized carbons (Fsp3) is 0. The van der Waals surface area contributed by atoms with Gasteiger partial charge in [0, 0.05) is 5.38 Å². The third-order valence-electron chi connectivity index (χ3n) is 1.09. The Morgan fingerprint density at radius 1 is 1.55 bits per heavy atom. The van der Waals surface area contributed by atoms with Crippen molar-refractivity contribution >= 4 is 23.2 Å². The topological polar surface area (TPSA) is 80.4 Å². The van der Waals surface area contributed by atoms with Crippen molar-refractivity contribution in [1.82, 2.24) is 0 Å². The number of carboxylic acids is 1. The molecule has 0 unspecified atom stereocenters. The van der Waals surface area contributed by atoms with Crippen molar-refractivity contribution in [2.75, 3.05) is 0 Å². The van der Waals surface area contributed by atoms with Crippen LogP contribution in [-0.4, -0.2) is 17.0 Å². The molecule has 5 heteroatoms. The smallest absolute Gasteiger partial charge is 0.336 e. The minimum absolute atomic E-state index is 0.101. The van der Waals surface area contributed by atoms with E-state index < -0.39 is 11.9 Å². The maximum Gasteiger partial charge on any atom is 0.336 e. The van der Waals surface area contributed by atoms with Gasteiger partial charge in [-0.05, 0) is 6.07 Å². The molecule has 0 radical (unpaired) electrons. The van der Waals surface area contributed by atoms with E-state index in [0.29, 0.717) is 0 Å². The lowest BCUT2D eigenvalue weighted by Crippen LogP contribution is -2.08. The first-order valence-corrected chi connectivity index (χ1v) is 3.61. The lowest BCUT2D eigenvalue weighted by atomic mass is 10.3. The molecule has 11 heavy (non-hydrogen) atoms. The van der Waals surface area contributed by atoms with Gasteiger partial charge in [-0.1, -0.05) is 0 Å². The Hall–Kier alpha value is -1.36. The molecule has 0 aliphatic rings. The van der Waals surface area contributed by atoms with E-state index in [-0.39, 0.29) is 10.4 Å². The highest BCUT2D eigenvalue weighted by Gasteiger charge is 2.08. The van der Waals surface area contributed by atoms with E-state index in [1.165, 1.54) is 11.4 Å². The minimum Gasteiger partial charge on any atom is -0.478 e. The molecule has 0 saturated heterocycles. The van der Waals surface area contributed by atoms with Crippen LogP contribution in [0.3, 0.4) is 0 Å². The van der Waals surface area contributed by atoms with Crippen molar-refractivity contribution in [3.05, 3.63) is 21.9 Å². The van der Waals surface area contributed by atoms with Crippen LogP contribution in [0.15, 0.2) is 11.4 Å². The van der Waals surface area contributed by atoms with Gasteiger partial charge in [-0.3, -0.25) is 4.79 Å². The van der Waals surface area contributed by atoms with Crippen molar-refractivity contribution in [3.8, 4) is 0 Å². The predicted molar refractivity (Wildman–Crippen MR) is 39.8 cm³/mol. The number of hydrogen-bond acceptors (Lipinski definition) is 3. The van der Waals surface area contributed by atoms with Crippen LogP contribution >= 0.6 is 11.3 Å². The maximum absolute atomic E-state index is 10.5. The fourth-order valence-corrected chi connectivity index (χ4v) is 1.31. The van der Waals surface area contributed by atoms with E-state index >= 15 is 0 Å². The van der Waals surface area contributed by atoms with Crippen LogP contribution in [0.4, 0.5) is 0 Å². The van der Waals surface area contributed by atoms with Crippen molar-refractivity contribution in [3.63, 3.8) is 0 Å². The number of hydrogen-bond donors (Lipinski definition) is 2.